The Morgan fingerprint density at radius 3 is 2.37 bits per heavy atom. The molecule has 0 spiro atoms. The van der Waals surface area contributed by atoms with Gasteiger partial charge in [0.2, 0.25) is 5.91 Å². The average molecular weight is 280 g/mol. The zero-order chi connectivity index (χ0) is 14.0. The molecule has 1 aromatic rings. The number of allylic oxidation sites excluding steroid dienone is 1. The third-order valence-corrected chi connectivity index (χ3v) is 3.52. The summed E-state index contributed by atoms with van der Waals surface area (Å²) >= 11 is 5.76. The molecule has 0 aliphatic heterocycles. The van der Waals surface area contributed by atoms with Crippen molar-refractivity contribution in [3.63, 3.8) is 0 Å². The number of nitrogens with one attached hydrogen (secondary N) is 1. The smallest absolute Gasteiger partial charge is 0.307 e. The largest absolute Gasteiger partial charge is 0.481 e. The minimum absolute atomic E-state index is 0.284. The van der Waals surface area contributed by atoms with Crippen molar-refractivity contribution < 1.29 is 14.7 Å². The lowest BCUT2D eigenvalue weighted by atomic mass is 9.95. The molecule has 1 amide bonds. The summed E-state index contributed by atoms with van der Waals surface area (Å²) in [4.78, 5) is 23.2. The molecule has 100 valence electrons. The summed E-state index contributed by atoms with van der Waals surface area (Å²) in [6, 6.07) is 6.69. The highest BCUT2D eigenvalue weighted by Crippen LogP contribution is 2.36. The van der Waals surface area contributed by atoms with Crippen molar-refractivity contribution in [2.75, 3.05) is 5.32 Å². The number of amides is 1. The fourth-order valence-corrected chi connectivity index (χ4v) is 2.42. The Bertz CT molecular complexity index is 524. The van der Waals surface area contributed by atoms with E-state index in [1.165, 1.54) is 0 Å². The first-order chi connectivity index (χ1) is 8.97. The Morgan fingerprint density at radius 2 is 1.79 bits per heavy atom. The van der Waals surface area contributed by atoms with Gasteiger partial charge >= 0.3 is 5.97 Å². The number of carbonyl (C=O) groups is 2. The minimum atomic E-state index is -0.949. The van der Waals surface area contributed by atoms with Gasteiger partial charge in [-0.05, 0) is 37.1 Å². The van der Waals surface area contributed by atoms with Gasteiger partial charge in [-0.2, -0.15) is 0 Å². The standard InChI is InChI=1S/C14H14ClNO3/c1-8-6-11(12(7-8)14(18)19)13(17)16-10-4-2-9(15)3-5-10/h2-5,11-12H,1,6-7H2,(H,16,17)(H,18,19)/t11-,12-/m1/s1. The van der Waals surface area contributed by atoms with E-state index in [-0.39, 0.29) is 5.91 Å². The Hall–Kier alpha value is -1.81. The van der Waals surface area contributed by atoms with Crippen molar-refractivity contribution in [1.29, 1.82) is 0 Å². The van der Waals surface area contributed by atoms with Gasteiger partial charge in [-0.15, -0.1) is 0 Å². The molecule has 0 bridgehead atoms. The summed E-state index contributed by atoms with van der Waals surface area (Å²) in [5.74, 6) is -2.47. The third-order valence-electron chi connectivity index (χ3n) is 3.27. The highest BCUT2D eigenvalue weighted by atomic mass is 35.5. The number of hydrogen-bond donors (Lipinski definition) is 2. The van der Waals surface area contributed by atoms with E-state index in [0.717, 1.165) is 5.57 Å². The zero-order valence-corrected chi connectivity index (χ0v) is 11.0. The number of hydrogen-bond acceptors (Lipinski definition) is 2. The average Bonchev–Trinajstić information content (AvgIpc) is 2.74. The van der Waals surface area contributed by atoms with Gasteiger partial charge in [0, 0.05) is 10.7 Å². The van der Waals surface area contributed by atoms with Crippen LogP contribution in [0.15, 0.2) is 36.4 Å². The fourth-order valence-electron chi connectivity index (χ4n) is 2.29. The molecule has 1 aliphatic rings. The quantitative estimate of drug-likeness (QED) is 0.836. The lowest BCUT2D eigenvalue weighted by molar-refractivity contribution is -0.145. The predicted molar refractivity (Wildman–Crippen MR) is 73.1 cm³/mol. The number of carboxylic acids is 1. The van der Waals surface area contributed by atoms with E-state index in [1.54, 1.807) is 24.3 Å². The van der Waals surface area contributed by atoms with Gasteiger partial charge in [0.25, 0.3) is 0 Å². The van der Waals surface area contributed by atoms with E-state index in [0.29, 0.717) is 23.6 Å². The monoisotopic (exact) mass is 279 g/mol. The molecule has 0 aromatic heterocycles. The maximum atomic E-state index is 12.1. The number of benzene rings is 1. The van der Waals surface area contributed by atoms with E-state index in [4.69, 9.17) is 16.7 Å². The number of anilines is 1. The van der Waals surface area contributed by atoms with Crippen LogP contribution in [0.5, 0.6) is 0 Å². The van der Waals surface area contributed by atoms with Crippen molar-refractivity contribution >= 4 is 29.2 Å². The molecule has 1 fully saturated rings. The van der Waals surface area contributed by atoms with Gasteiger partial charge in [0.15, 0.2) is 0 Å². The van der Waals surface area contributed by atoms with Crippen LogP contribution in [-0.2, 0) is 9.59 Å². The second-order valence-corrected chi connectivity index (χ2v) is 5.14. The number of aliphatic carboxylic acids is 1. The van der Waals surface area contributed by atoms with Crippen molar-refractivity contribution in [2.24, 2.45) is 11.8 Å². The molecule has 0 radical (unpaired) electrons. The van der Waals surface area contributed by atoms with E-state index in [2.05, 4.69) is 11.9 Å². The number of carbonyl (C=O) groups excluding carboxylic acids is 1. The fraction of sp³-hybridized carbons (Fsp3) is 0.286. The first-order valence-electron chi connectivity index (χ1n) is 5.93. The van der Waals surface area contributed by atoms with Gasteiger partial charge in [-0.1, -0.05) is 23.8 Å². The molecular formula is C14H14ClNO3. The minimum Gasteiger partial charge on any atom is -0.481 e. The van der Waals surface area contributed by atoms with Crippen LogP contribution < -0.4 is 5.32 Å². The first kappa shape index (κ1) is 13.6. The van der Waals surface area contributed by atoms with Crippen molar-refractivity contribution in [3.8, 4) is 0 Å². The molecule has 2 rings (SSSR count). The van der Waals surface area contributed by atoms with Gasteiger partial charge in [0.05, 0.1) is 11.8 Å². The molecule has 0 heterocycles. The van der Waals surface area contributed by atoms with Crippen molar-refractivity contribution in [1.82, 2.24) is 0 Å². The molecule has 1 saturated carbocycles. The maximum Gasteiger partial charge on any atom is 0.307 e. The Balaban J connectivity index is 2.08. The highest BCUT2D eigenvalue weighted by molar-refractivity contribution is 6.30. The Morgan fingerprint density at radius 1 is 1.21 bits per heavy atom. The Kier molecular flexibility index (Phi) is 3.90. The maximum absolute atomic E-state index is 12.1. The summed E-state index contributed by atoms with van der Waals surface area (Å²) < 4.78 is 0. The summed E-state index contributed by atoms with van der Waals surface area (Å²) in [5, 5.41) is 12.4. The van der Waals surface area contributed by atoms with Crippen LogP contribution >= 0.6 is 11.6 Å². The predicted octanol–water partition coefficient (Wildman–Crippen LogP) is 2.95. The number of rotatable bonds is 3. The van der Waals surface area contributed by atoms with E-state index < -0.39 is 17.8 Å². The zero-order valence-electron chi connectivity index (χ0n) is 10.2. The SMILES string of the molecule is C=C1C[C@@H](C(=O)O)[C@H](C(=O)Nc2ccc(Cl)cc2)C1. The highest BCUT2D eigenvalue weighted by Gasteiger charge is 2.39. The third kappa shape index (κ3) is 3.15. The molecule has 5 heteroatoms. The molecule has 19 heavy (non-hydrogen) atoms. The van der Waals surface area contributed by atoms with Crippen LogP contribution in [0.1, 0.15) is 12.8 Å². The van der Waals surface area contributed by atoms with Crippen molar-refractivity contribution in [3.05, 3.63) is 41.4 Å². The first-order valence-corrected chi connectivity index (χ1v) is 6.31. The number of halogens is 1. The van der Waals surface area contributed by atoms with Gasteiger partial charge < -0.3 is 10.4 Å². The Labute approximate surface area is 116 Å². The molecule has 1 aromatic carbocycles. The molecule has 1 aliphatic carbocycles. The van der Waals surface area contributed by atoms with E-state index >= 15 is 0 Å². The second kappa shape index (κ2) is 5.45. The number of carboxylic acid groups (broad SMARTS) is 1. The van der Waals surface area contributed by atoms with E-state index in [9.17, 15) is 9.59 Å². The van der Waals surface area contributed by atoms with Gasteiger partial charge in [-0.3, -0.25) is 9.59 Å². The molecule has 2 N–H and O–H groups in total. The van der Waals surface area contributed by atoms with Gasteiger partial charge in [0.1, 0.15) is 0 Å². The van der Waals surface area contributed by atoms with Crippen LogP contribution in [0.4, 0.5) is 5.69 Å². The van der Waals surface area contributed by atoms with Gasteiger partial charge in [-0.25, -0.2) is 0 Å². The van der Waals surface area contributed by atoms with Crippen LogP contribution in [0.2, 0.25) is 5.02 Å². The summed E-state index contributed by atoms with van der Waals surface area (Å²) in [6.07, 6.45) is 0.796. The summed E-state index contributed by atoms with van der Waals surface area (Å²) in [5.41, 5.74) is 1.42. The molecule has 0 unspecified atom stereocenters. The van der Waals surface area contributed by atoms with Crippen molar-refractivity contribution in [2.45, 2.75) is 12.8 Å². The summed E-state index contributed by atoms with van der Waals surface area (Å²) in [7, 11) is 0. The van der Waals surface area contributed by atoms with Crippen LogP contribution in [0.3, 0.4) is 0 Å². The topological polar surface area (TPSA) is 66.4 Å². The second-order valence-electron chi connectivity index (χ2n) is 4.71. The summed E-state index contributed by atoms with van der Waals surface area (Å²) in [6.45, 7) is 3.78. The lowest BCUT2D eigenvalue weighted by Crippen LogP contribution is -2.29. The molecule has 2 atom stereocenters. The van der Waals surface area contributed by atoms with Crippen LogP contribution in [0.25, 0.3) is 0 Å². The van der Waals surface area contributed by atoms with Crippen LogP contribution in [-0.4, -0.2) is 17.0 Å². The van der Waals surface area contributed by atoms with Crippen LogP contribution in [0, 0.1) is 11.8 Å². The molecule has 4 nitrogen and oxygen atoms in total. The lowest BCUT2D eigenvalue weighted by Gasteiger charge is -2.15. The molecule has 0 saturated heterocycles. The van der Waals surface area contributed by atoms with E-state index in [1.807, 2.05) is 0 Å². The normalized spacial score (nSPS) is 22.3. The molecular weight excluding hydrogens is 266 g/mol.